The van der Waals surface area contributed by atoms with Crippen LogP contribution >= 0.6 is 23.5 Å². The highest BCUT2D eigenvalue weighted by Crippen LogP contribution is 2.52. The van der Waals surface area contributed by atoms with E-state index in [0.29, 0.717) is 17.7 Å². The normalized spacial score (nSPS) is 14.4. The molecule has 2 unspecified atom stereocenters. The molecule has 0 saturated carbocycles. The Bertz CT molecular complexity index is 603. The maximum Gasteiger partial charge on any atom is 0.224 e. The van der Waals surface area contributed by atoms with Crippen LogP contribution in [-0.4, -0.2) is 10.8 Å². The van der Waals surface area contributed by atoms with Gasteiger partial charge in [0.2, 0.25) is 5.91 Å². The summed E-state index contributed by atoms with van der Waals surface area (Å²) in [5.74, 6) is -0.0317. The van der Waals surface area contributed by atoms with Crippen molar-refractivity contribution in [3.63, 3.8) is 0 Å². The number of rotatable bonds is 15. The van der Waals surface area contributed by atoms with Crippen LogP contribution in [0.25, 0.3) is 0 Å². The monoisotopic (exact) mass is 474 g/mol. The summed E-state index contributed by atoms with van der Waals surface area (Å²) in [6.45, 7) is 2.24. The first kappa shape index (κ1) is 25.4. The summed E-state index contributed by atoms with van der Waals surface area (Å²) in [5, 5.41) is 2.82. The first-order valence-electron chi connectivity index (χ1n) is 10.4. The zero-order chi connectivity index (χ0) is 20.8. The number of unbranched alkanes of at least 4 members (excludes halogenated alkanes) is 10. The molecule has 0 aromatic heterocycles. The molecular formula is C21H34BrNO4P-. The van der Waals surface area contributed by atoms with Crippen molar-refractivity contribution in [3.8, 4) is 0 Å². The van der Waals surface area contributed by atoms with Gasteiger partial charge in [0.1, 0.15) is 12.2 Å². The van der Waals surface area contributed by atoms with Crippen LogP contribution in [0.4, 0.5) is 5.69 Å². The fourth-order valence-corrected chi connectivity index (χ4v) is 3.94. The molecule has 1 aromatic rings. The van der Waals surface area contributed by atoms with E-state index in [2.05, 4.69) is 28.2 Å². The summed E-state index contributed by atoms with van der Waals surface area (Å²) in [7, 11) is -4.48. The van der Waals surface area contributed by atoms with Crippen molar-refractivity contribution >= 4 is 35.1 Å². The number of hydrogen-bond donors (Lipinski definition) is 2. The first-order chi connectivity index (χ1) is 13.3. The van der Waals surface area contributed by atoms with Gasteiger partial charge in [0.05, 0.1) is 0 Å². The lowest BCUT2D eigenvalue weighted by Crippen LogP contribution is -2.11. The molecule has 2 N–H and O–H groups in total. The van der Waals surface area contributed by atoms with E-state index in [-0.39, 0.29) is 5.91 Å². The Balaban J connectivity index is 2.11. The maximum atomic E-state index is 12.0. The Labute approximate surface area is 178 Å². The van der Waals surface area contributed by atoms with Crippen molar-refractivity contribution in [2.75, 3.05) is 5.32 Å². The molecule has 0 aliphatic heterocycles. The van der Waals surface area contributed by atoms with Gasteiger partial charge in [-0.3, -0.25) is 4.79 Å². The average Bonchev–Trinajstić information content (AvgIpc) is 2.65. The van der Waals surface area contributed by atoms with E-state index >= 15 is 0 Å². The minimum absolute atomic E-state index is 0.0317. The number of carbonyl (C=O) groups excluding carboxylic acids is 1. The van der Waals surface area contributed by atoms with E-state index < -0.39 is 12.2 Å². The molecule has 2 atom stereocenters. The third-order valence-electron chi connectivity index (χ3n) is 4.76. The lowest BCUT2D eigenvalue weighted by atomic mass is 10.1. The Hall–Kier alpha value is -0.680. The highest BCUT2D eigenvalue weighted by molar-refractivity contribution is 9.10. The summed E-state index contributed by atoms with van der Waals surface area (Å²) in [4.78, 5) is 32.2. The summed E-state index contributed by atoms with van der Waals surface area (Å²) in [6.07, 6.45) is 14.2. The number of nitrogens with one attached hydrogen (secondary N) is 1. The predicted octanol–water partition coefficient (Wildman–Crippen LogP) is 6.27. The van der Waals surface area contributed by atoms with Gasteiger partial charge in [0.25, 0.3) is 0 Å². The van der Waals surface area contributed by atoms with Gasteiger partial charge < -0.3 is 19.7 Å². The van der Waals surface area contributed by atoms with Gasteiger partial charge in [-0.2, -0.15) is 0 Å². The van der Waals surface area contributed by atoms with Crippen LogP contribution in [0.15, 0.2) is 24.3 Å². The molecule has 28 heavy (non-hydrogen) atoms. The number of anilines is 1. The molecule has 160 valence electrons. The maximum absolute atomic E-state index is 12.0. The zero-order valence-electron chi connectivity index (χ0n) is 16.9. The van der Waals surface area contributed by atoms with Crippen LogP contribution in [0.3, 0.4) is 0 Å². The number of amides is 1. The van der Waals surface area contributed by atoms with E-state index in [0.717, 1.165) is 12.8 Å². The lowest BCUT2D eigenvalue weighted by molar-refractivity contribution is -0.194. The quantitative estimate of drug-likeness (QED) is 0.178. The van der Waals surface area contributed by atoms with Crippen LogP contribution in [0.5, 0.6) is 0 Å². The van der Waals surface area contributed by atoms with Gasteiger partial charge in [-0.15, -0.1) is 0 Å². The zero-order valence-corrected chi connectivity index (χ0v) is 19.3. The van der Waals surface area contributed by atoms with Gasteiger partial charge >= 0.3 is 0 Å². The molecule has 5 nitrogen and oxygen atoms in total. The Kier molecular flexibility index (Phi) is 13.0. The Morgan fingerprint density at radius 1 is 1.00 bits per heavy atom. The standard InChI is InChI=1S/C21H35BrNO4P/c1-2-3-4-5-6-7-8-9-10-11-12-13-20(24)23-19-16-14-18(15-17-19)21(22)28(25,26)27/h14-17,21H,2-13H2,1H3,(H,23,24)(H2,25,26,27)/p-1. The van der Waals surface area contributed by atoms with Crippen LogP contribution in [-0.2, 0) is 9.36 Å². The molecule has 0 aliphatic carbocycles. The third kappa shape index (κ3) is 11.4. The molecule has 7 heteroatoms. The van der Waals surface area contributed by atoms with Crippen molar-refractivity contribution < 1.29 is 19.1 Å². The van der Waals surface area contributed by atoms with E-state index in [1.165, 1.54) is 57.8 Å². The summed E-state index contributed by atoms with van der Waals surface area (Å²) in [5.41, 5.74) is 1.04. The molecule has 1 amide bonds. The summed E-state index contributed by atoms with van der Waals surface area (Å²) >= 11 is 2.95. The summed E-state index contributed by atoms with van der Waals surface area (Å²) < 4.78 is 10.0. The fourth-order valence-electron chi connectivity index (χ4n) is 3.09. The number of alkyl halides is 1. The second-order valence-corrected chi connectivity index (χ2v) is 10.6. The SMILES string of the molecule is CCCCCCCCCCCCCC(=O)Nc1ccc(C(Br)P(=O)([O-])O)cc1. The first-order valence-corrected chi connectivity index (χ1v) is 13.0. The van der Waals surface area contributed by atoms with E-state index in [1.807, 2.05) is 0 Å². The number of carbonyl (C=O) groups is 1. The molecule has 0 bridgehead atoms. The van der Waals surface area contributed by atoms with E-state index in [4.69, 9.17) is 4.89 Å². The van der Waals surface area contributed by atoms with Crippen molar-refractivity contribution in [2.45, 2.75) is 88.5 Å². The predicted molar refractivity (Wildman–Crippen MR) is 118 cm³/mol. The fraction of sp³-hybridized carbons (Fsp3) is 0.667. The van der Waals surface area contributed by atoms with Crippen LogP contribution in [0.1, 0.15) is 94.1 Å². The molecular weight excluding hydrogens is 441 g/mol. The minimum atomic E-state index is -4.48. The molecule has 0 spiro atoms. The molecule has 1 aromatic carbocycles. The number of halogens is 1. The highest BCUT2D eigenvalue weighted by Gasteiger charge is 2.18. The summed E-state index contributed by atoms with van der Waals surface area (Å²) in [6, 6.07) is 6.41. The lowest BCUT2D eigenvalue weighted by Gasteiger charge is -2.22. The second kappa shape index (κ2) is 14.3. The van der Waals surface area contributed by atoms with Crippen molar-refractivity contribution in [2.24, 2.45) is 0 Å². The Morgan fingerprint density at radius 2 is 1.46 bits per heavy atom. The average molecular weight is 475 g/mol. The molecule has 0 aliphatic rings. The molecule has 1 rings (SSSR count). The minimum Gasteiger partial charge on any atom is -0.778 e. The molecule has 0 heterocycles. The topological polar surface area (TPSA) is 89.5 Å². The van der Waals surface area contributed by atoms with Gasteiger partial charge in [-0.05, 0) is 24.1 Å². The van der Waals surface area contributed by atoms with Crippen LogP contribution in [0, 0.1) is 0 Å². The molecule has 0 saturated heterocycles. The molecule has 0 radical (unpaired) electrons. The number of benzene rings is 1. The van der Waals surface area contributed by atoms with Gasteiger partial charge in [-0.1, -0.05) is 99.2 Å². The van der Waals surface area contributed by atoms with Crippen LogP contribution in [0.2, 0.25) is 0 Å². The largest absolute Gasteiger partial charge is 0.778 e. The van der Waals surface area contributed by atoms with Gasteiger partial charge in [-0.25, -0.2) is 0 Å². The van der Waals surface area contributed by atoms with E-state index in [1.54, 1.807) is 24.3 Å². The smallest absolute Gasteiger partial charge is 0.224 e. The van der Waals surface area contributed by atoms with Crippen LogP contribution < -0.4 is 10.2 Å². The second-order valence-electron chi connectivity index (χ2n) is 7.36. The highest BCUT2D eigenvalue weighted by atomic mass is 79.9. The van der Waals surface area contributed by atoms with Gasteiger partial charge in [0, 0.05) is 12.1 Å². The number of hydrogen-bond acceptors (Lipinski definition) is 3. The Morgan fingerprint density at radius 3 is 1.93 bits per heavy atom. The third-order valence-corrected chi connectivity index (χ3v) is 7.72. The van der Waals surface area contributed by atoms with Crippen molar-refractivity contribution in [1.82, 2.24) is 0 Å². The van der Waals surface area contributed by atoms with Crippen molar-refractivity contribution in [3.05, 3.63) is 29.8 Å². The van der Waals surface area contributed by atoms with E-state index in [9.17, 15) is 14.3 Å². The van der Waals surface area contributed by atoms with Crippen molar-refractivity contribution in [1.29, 1.82) is 0 Å². The van der Waals surface area contributed by atoms with Gasteiger partial charge in [0.15, 0.2) is 0 Å². The molecule has 0 fully saturated rings.